The molecule has 2 fully saturated rings. The van der Waals surface area contributed by atoms with E-state index in [9.17, 15) is 9.90 Å². The number of amidine groups is 1. The van der Waals surface area contributed by atoms with Crippen molar-refractivity contribution in [2.45, 2.75) is 25.5 Å². The number of likely N-dealkylation sites (tertiary alicyclic amines) is 1. The lowest BCUT2D eigenvalue weighted by Crippen LogP contribution is -2.57. The molecule has 2 aliphatic rings. The van der Waals surface area contributed by atoms with E-state index < -0.39 is 6.10 Å². The number of nitrogens with two attached hydrogens (primary N) is 1. The average molecular weight is 452 g/mol. The second-order valence-electron chi connectivity index (χ2n) is 8.99. The van der Waals surface area contributed by atoms with Gasteiger partial charge in [0, 0.05) is 24.3 Å². The normalized spacial score (nSPS) is 20.2. The Balaban J connectivity index is 1.34. The van der Waals surface area contributed by atoms with E-state index in [4.69, 9.17) is 15.9 Å². The van der Waals surface area contributed by atoms with Crippen LogP contribution in [-0.2, 0) is 6.54 Å². The van der Waals surface area contributed by atoms with Crippen molar-refractivity contribution in [1.82, 2.24) is 9.80 Å². The zero-order chi connectivity index (χ0) is 23.4. The molecule has 0 saturated carbocycles. The van der Waals surface area contributed by atoms with Gasteiger partial charge in [-0.25, -0.2) is 4.79 Å². The Morgan fingerprint density at radius 2 is 1.91 bits per heavy atom. The van der Waals surface area contributed by atoms with Gasteiger partial charge in [-0.1, -0.05) is 24.3 Å². The molecule has 176 valence electrons. The number of nitrogens with zero attached hydrogens (tertiary/aromatic N) is 3. The molecule has 2 aliphatic heterocycles. The van der Waals surface area contributed by atoms with Crippen molar-refractivity contribution in [2.75, 3.05) is 44.7 Å². The van der Waals surface area contributed by atoms with E-state index in [2.05, 4.69) is 17.0 Å². The van der Waals surface area contributed by atoms with Crippen molar-refractivity contribution in [2.24, 2.45) is 11.7 Å². The average Bonchev–Trinajstić information content (AvgIpc) is 2.82. The van der Waals surface area contributed by atoms with E-state index >= 15 is 0 Å². The number of anilines is 1. The number of aliphatic hydroxyl groups excluding tert-OH is 1. The second-order valence-corrected chi connectivity index (χ2v) is 8.99. The van der Waals surface area contributed by atoms with Crippen LogP contribution in [-0.4, -0.2) is 72.7 Å². The van der Waals surface area contributed by atoms with E-state index in [-0.39, 0.29) is 18.4 Å². The topological polar surface area (TPSA) is 106 Å². The molecule has 8 heteroatoms. The number of hydrogen-bond donors (Lipinski definition) is 3. The molecule has 8 nitrogen and oxygen atoms in total. The van der Waals surface area contributed by atoms with Gasteiger partial charge in [0.05, 0.1) is 26.3 Å². The molecule has 4 rings (SSSR count). The van der Waals surface area contributed by atoms with Crippen molar-refractivity contribution >= 4 is 17.6 Å². The number of aliphatic hydroxyl groups is 1. The van der Waals surface area contributed by atoms with Crippen molar-refractivity contribution in [3.63, 3.8) is 0 Å². The van der Waals surface area contributed by atoms with Gasteiger partial charge < -0.3 is 20.5 Å². The van der Waals surface area contributed by atoms with Gasteiger partial charge in [0.25, 0.3) is 0 Å². The number of carbonyl (C=O) groups excluding carboxylic acids is 1. The molecule has 0 aliphatic carbocycles. The number of ether oxygens (including phenoxy) is 1. The van der Waals surface area contributed by atoms with Crippen LogP contribution in [0.25, 0.3) is 0 Å². The molecule has 1 unspecified atom stereocenters. The summed E-state index contributed by atoms with van der Waals surface area (Å²) in [6.45, 7) is 4.10. The Morgan fingerprint density at radius 3 is 2.64 bits per heavy atom. The fourth-order valence-corrected chi connectivity index (χ4v) is 4.73. The third kappa shape index (κ3) is 5.64. The Hall–Kier alpha value is -3.10. The number of urea groups is 1. The summed E-state index contributed by atoms with van der Waals surface area (Å²) in [5, 5.41) is 18.1. The second kappa shape index (κ2) is 10.2. The van der Waals surface area contributed by atoms with Gasteiger partial charge in [-0.15, -0.1) is 0 Å². The van der Waals surface area contributed by atoms with Crippen molar-refractivity contribution in [1.29, 1.82) is 5.41 Å². The summed E-state index contributed by atoms with van der Waals surface area (Å²) in [4.78, 5) is 19.0. The standard InChI is InChI=1S/C25H33N5O3/c1-33-23-7-2-4-19(12-23)14-28-10-8-18(9-11-28)15-29-16-22(31)17-30(25(29)32)21-6-3-5-20(13-21)24(26)27/h2-7,12-13,18,22,31H,8-11,14-17H2,1H3,(H3,26,27). The molecule has 2 aromatic rings. The molecule has 0 aromatic heterocycles. The molecule has 2 heterocycles. The van der Waals surface area contributed by atoms with Crippen LogP contribution in [0, 0.1) is 11.3 Å². The molecule has 33 heavy (non-hydrogen) atoms. The first-order valence-electron chi connectivity index (χ1n) is 11.5. The Labute approximate surface area is 195 Å². The molecule has 0 bridgehead atoms. The summed E-state index contributed by atoms with van der Waals surface area (Å²) >= 11 is 0. The van der Waals surface area contributed by atoms with Crippen LogP contribution >= 0.6 is 0 Å². The smallest absolute Gasteiger partial charge is 0.324 e. The van der Waals surface area contributed by atoms with E-state index in [1.807, 2.05) is 18.2 Å². The predicted octanol–water partition coefficient (Wildman–Crippen LogP) is 2.49. The number of rotatable bonds is 7. The Bertz CT molecular complexity index is 990. The number of hydrogen-bond acceptors (Lipinski definition) is 5. The zero-order valence-electron chi connectivity index (χ0n) is 19.1. The van der Waals surface area contributed by atoms with Crippen LogP contribution in [0.5, 0.6) is 5.75 Å². The zero-order valence-corrected chi connectivity index (χ0v) is 19.1. The van der Waals surface area contributed by atoms with E-state index in [1.54, 1.807) is 35.1 Å². The fourth-order valence-electron chi connectivity index (χ4n) is 4.73. The molecule has 2 aromatic carbocycles. The summed E-state index contributed by atoms with van der Waals surface area (Å²) in [6, 6.07) is 15.2. The SMILES string of the molecule is COc1cccc(CN2CCC(CN3CC(O)CN(c4cccc(C(=N)N)c4)C3=O)CC2)c1. The summed E-state index contributed by atoms with van der Waals surface area (Å²) in [6.07, 6.45) is 1.42. The minimum absolute atomic E-state index is 0.0422. The van der Waals surface area contributed by atoms with Gasteiger partial charge in [-0.2, -0.15) is 0 Å². The minimum Gasteiger partial charge on any atom is -0.497 e. The Morgan fingerprint density at radius 1 is 1.15 bits per heavy atom. The molecule has 0 radical (unpaired) electrons. The molecular weight excluding hydrogens is 418 g/mol. The lowest BCUT2D eigenvalue weighted by atomic mass is 9.95. The molecule has 0 spiro atoms. The number of carbonyl (C=O) groups is 1. The van der Waals surface area contributed by atoms with Gasteiger partial charge in [-0.3, -0.25) is 15.2 Å². The highest BCUT2D eigenvalue weighted by molar-refractivity contribution is 5.98. The molecule has 4 N–H and O–H groups in total. The number of β-amino-alcohol motifs (C(OH)–C–C–N with tert-alkyl or cyclic N) is 1. The van der Waals surface area contributed by atoms with Crippen LogP contribution in [0.2, 0.25) is 0 Å². The van der Waals surface area contributed by atoms with Crippen LogP contribution in [0.1, 0.15) is 24.0 Å². The number of methoxy groups -OCH3 is 1. The number of amides is 2. The molecule has 2 amide bonds. The Kier molecular flexibility index (Phi) is 7.15. The molecular formula is C25H33N5O3. The number of benzene rings is 2. The van der Waals surface area contributed by atoms with Crippen LogP contribution < -0.4 is 15.4 Å². The number of piperidine rings is 1. The van der Waals surface area contributed by atoms with Crippen LogP contribution in [0.15, 0.2) is 48.5 Å². The molecule has 2 saturated heterocycles. The predicted molar refractivity (Wildman–Crippen MR) is 129 cm³/mol. The van der Waals surface area contributed by atoms with Gasteiger partial charge in [0.15, 0.2) is 0 Å². The van der Waals surface area contributed by atoms with Gasteiger partial charge in [0.2, 0.25) is 0 Å². The van der Waals surface area contributed by atoms with E-state index in [1.165, 1.54) is 5.56 Å². The summed E-state index contributed by atoms with van der Waals surface area (Å²) < 4.78 is 5.33. The minimum atomic E-state index is -0.614. The third-order valence-electron chi connectivity index (χ3n) is 6.52. The maximum atomic E-state index is 13.2. The summed E-state index contributed by atoms with van der Waals surface area (Å²) in [5.74, 6) is 1.24. The highest BCUT2D eigenvalue weighted by Crippen LogP contribution is 2.26. The monoisotopic (exact) mass is 451 g/mol. The highest BCUT2D eigenvalue weighted by Gasteiger charge is 2.34. The maximum Gasteiger partial charge on any atom is 0.324 e. The van der Waals surface area contributed by atoms with Crippen LogP contribution in [0.4, 0.5) is 10.5 Å². The first-order valence-corrected chi connectivity index (χ1v) is 11.5. The first-order chi connectivity index (χ1) is 15.9. The van der Waals surface area contributed by atoms with Crippen LogP contribution in [0.3, 0.4) is 0 Å². The number of nitrogen functional groups attached to an aromatic ring is 1. The lowest BCUT2D eigenvalue weighted by Gasteiger charge is -2.41. The number of nitrogens with one attached hydrogen (secondary N) is 1. The van der Waals surface area contributed by atoms with Gasteiger partial charge >= 0.3 is 6.03 Å². The van der Waals surface area contributed by atoms with E-state index in [0.717, 1.165) is 38.2 Å². The maximum absolute atomic E-state index is 13.2. The first kappa shape index (κ1) is 23.1. The van der Waals surface area contributed by atoms with Crippen molar-refractivity contribution < 1.29 is 14.6 Å². The highest BCUT2D eigenvalue weighted by atomic mass is 16.5. The summed E-state index contributed by atoms with van der Waals surface area (Å²) in [5.41, 5.74) is 8.07. The quantitative estimate of drug-likeness (QED) is 0.443. The largest absolute Gasteiger partial charge is 0.497 e. The third-order valence-corrected chi connectivity index (χ3v) is 6.52. The molecule has 1 atom stereocenters. The van der Waals surface area contributed by atoms with Gasteiger partial charge in [0.1, 0.15) is 11.6 Å². The fraction of sp³-hybridized carbons (Fsp3) is 0.440. The summed E-state index contributed by atoms with van der Waals surface area (Å²) in [7, 11) is 1.69. The van der Waals surface area contributed by atoms with Crippen molar-refractivity contribution in [3.8, 4) is 5.75 Å². The van der Waals surface area contributed by atoms with Crippen molar-refractivity contribution in [3.05, 3.63) is 59.7 Å². The lowest BCUT2D eigenvalue weighted by molar-refractivity contribution is 0.0874. The van der Waals surface area contributed by atoms with E-state index in [0.29, 0.717) is 30.3 Å². The van der Waals surface area contributed by atoms with Gasteiger partial charge in [-0.05, 0) is 61.7 Å².